The first kappa shape index (κ1) is 13.7. The third kappa shape index (κ3) is 2.67. The highest BCUT2D eigenvalue weighted by atomic mass is 35.5. The van der Waals surface area contributed by atoms with Crippen molar-refractivity contribution in [3.05, 3.63) is 40.9 Å². The molecule has 1 saturated heterocycles. The van der Waals surface area contributed by atoms with Crippen LogP contribution in [0.1, 0.15) is 13.3 Å². The minimum Gasteiger partial charge on any atom is -0.298 e. The second-order valence-electron chi connectivity index (χ2n) is 3.90. The molecule has 0 atom stereocenters. The third-order valence-corrected chi connectivity index (χ3v) is 3.13. The molecule has 1 aromatic carbocycles. The first-order chi connectivity index (χ1) is 9.04. The van der Waals surface area contributed by atoms with Crippen LogP contribution in [0.5, 0.6) is 0 Å². The number of hydrogen-bond acceptors (Lipinski definition) is 3. The Morgan fingerprint density at radius 3 is 2.53 bits per heavy atom. The summed E-state index contributed by atoms with van der Waals surface area (Å²) in [5, 5.41) is 3.14. The van der Waals surface area contributed by atoms with Crippen LogP contribution >= 0.6 is 23.8 Å². The van der Waals surface area contributed by atoms with Crippen molar-refractivity contribution in [2.45, 2.75) is 13.3 Å². The number of nitrogens with one attached hydrogen (secondary N) is 1. The zero-order valence-electron chi connectivity index (χ0n) is 10.1. The van der Waals surface area contributed by atoms with Crippen LogP contribution < -0.4 is 10.2 Å². The molecule has 1 aromatic rings. The van der Waals surface area contributed by atoms with Gasteiger partial charge in [-0.05, 0) is 42.9 Å². The number of allylic oxidation sites excluding steroid dienone is 1. The van der Waals surface area contributed by atoms with Gasteiger partial charge >= 0.3 is 0 Å². The number of amides is 2. The molecule has 19 heavy (non-hydrogen) atoms. The van der Waals surface area contributed by atoms with E-state index >= 15 is 0 Å². The molecule has 0 unspecified atom stereocenters. The fourth-order valence-corrected chi connectivity index (χ4v) is 2.15. The fraction of sp³-hybridized carbons (Fsp3) is 0.154. The SMILES string of the molecule is CC/C=C1/C(=O)NC(=S)N(c2ccc(Cl)cc2)C1=O. The molecule has 0 bridgehead atoms. The topological polar surface area (TPSA) is 49.4 Å². The standard InChI is InChI=1S/C13H11ClN2O2S/c1-2-3-10-11(17)15-13(19)16(12(10)18)9-6-4-8(14)5-7-9/h3-7H,2H2,1H3,(H,15,17,19)/b10-3-. The molecule has 0 aliphatic carbocycles. The average Bonchev–Trinajstić information content (AvgIpc) is 2.36. The number of nitrogens with zero attached hydrogens (tertiary/aromatic N) is 1. The van der Waals surface area contributed by atoms with Gasteiger partial charge in [-0.25, -0.2) is 0 Å². The van der Waals surface area contributed by atoms with Gasteiger partial charge in [-0.3, -0.25) is 19.8 Å². The van der Waals surface area contributed by atoms with Gasteiger partial charge in [0, 0.05) is 5.02 Å². The molecular formula is C13H11ClN2O2S. The van der Waals surface area contributed by atoms with Crippen LogP contribution in [0.2, 0.25) is 5.02 Å². The minimum absolute atomic E-state index is 0.0746. The second-order valence-corrected chi connectivity index (χ2v) is 4.73. The second kappa shape index (κ2) is 5.50. The normalized spacial score (nSPS) is 17.9. The number of halogens is 1. The van der Waals surface area contributed by atoms with Crippen LogP contribution in [0, 0.1) is 0 Å². The fourth-order valence-electron chi connectivity index (χ4n) is 1.74. The van der Waals surface area contributed by atoms with Gasteiger partial charge in [-0.1, -0.05) is 24.6 Å². The highest BCUT2D eigenvalue weighted by molar-refractivity contribution is 7.80. The number of thiocarbonyl (C=S) groups is 1. The molecule has 6 heteroatoms. The lowest BCUT2D eigenvalue weighted by molar-refractivity contribution is -0.122. The van der Waals surface area contributed by atoms with Gasteiger partial charge in [-0.15, -0.1) is 0 Å². The van der Waals surface area contributed by atoms with E-state index in [1.807, 2.05) is 6.92 Å². The van der Waals surface area contributed by atoms with Gasteiger partial charge in [0.25, 0.3) is 11.8 Å². The number of hydrogen-bond donors (Lipinski definition) is 1. The number of rotatable bonds is 2. The summed E-state index contributed by atoms with van der Waals surface area (Å²) in [5.74, 6) is -0.875. The summed E-state index contributed by atoms with van der Waals surface area (Å²) in [6.07, 6.45) is 2.18. The molecule has 1 N–H and O–H groups in total. The van der Waals surface area contributed by atoms with Crippen molar-refractivity contribution in [2.24, 2.45) is 0 Å². The van der Waals surface area contributed by atoms with E-state index < -0.39 is 11.8 Å². The molecule has 2 amide bonds. The Morgan fingerprint density at radius 2 is 1.95 bits per heavy atom. The Morgan fingerprint density at radius 1 is 1.32 bits per heavy atom. The van der Waals surface area contributed by atoms with E-state index in [4.69, 9.17) is 23.8 Å². The van der Waals surface area contributed by atoms with Crippen molar-refractivity contribution in [3.63, 3.8) is 0 Å². The van der Waals surface area contributed by atoms with Gasteiger partial charge in [0.15, 0.2) is 5.11 Å². The molecule has 0 spiro atoms. The van der Waals surface area contributed by atoms with Crippen LogP contribution in [0.4, 0.5) is 5.69 Å². The number of benzene rings is 1. The molecule has 2 rings (SSSR count). The van der Waals surface area contributed by atoms with Crippen LogP contribution in [0.3, 0.4) is 0 Å². The average molecular weight is 295 g/mol. The van der Waals surface area contributed by atoms with Crippen molar-refractivity contribution in [1.29, 1.82) is 0 Å². The van der Waals surface area contributed by atoms with Crippen LogP contribution in [0.15, 0.2) is 35.9 Å². The maximum absolute atomic E-state index is 12.3. The lowest BCUT2D eigenvalue weighted by Crippen LogP contribution is -2.54. The first-order valence-corrected chi connectivity index (χ1v) is 6.48. The molecule has 98 valence electrons. The summed E-state index contributed by atoms with van der Waals surface area (Å²) in [6.45, 7) is 1.85. The zero-order valence-corrected chi connectivity index (χ0v) is 11.7. The molecule has 0 aromatic heterocycles. The predicted molar refractivity (Wildman–Crippen MR) is 78.1 cm³/mol. The van der Waals surface area contributed by atoms with E-state index in [2.05, 4.69) is 5.32 Å². The largest absolute Gasteiger partial charge is 0.298 e. The quantitative estimate of drug-likeness (QED) is 0.518. The molecular weight excluding hydrogens is 284 g/mol. The summed E-state index contributed by atoms with van der Waals surface area (Å²) in [7, 11) is 0. The Kier molecular flexibility index (Phi) is 3.97. The Balaban J connectivity index is 2.41. The molecule has 4 nitrogen and oxygen atoms in total. The van der Waals surface area contributed by atoms with Gasteiger partial charge in [0.2, 0.25) is 0 Å². The van der Waals surface area contributed by atoms with Crippen molar-refractivity contribution in [2.75, 3.05) is 4.90 Å². The maximum atomic E-state index is 12.3. The van der Waals surface area contributed by atoms with E-state index in [1.54, 1.807) is 30.3 Å². The highest BCUT2D eigenvalue weighted by Crippen LogP contribution is 2.22. The monoisotopic (exact) mass is 294 g/mol. The molecule has 1 aliphatic heterocycles. The zero-order chi connectivity index (χ0) is 14.0. The smallest absolute Gasteiger partial charge is 0.269 e. The van der Waals surface area contributed by atoms with Gasteiger partial charge in [-0.2, -0.15) is 0 Å². The molecule has 1 aliphatic rings. The third-order valence-electron chi connectivity index (χ3n) is 2.59. The maximum Gasteiger partial charge on any atom is 0.269 e. The van der Waals surface area contributed by atoms with E-state index in [1.165, 1.54) is 4.90 Å². The molecule has 0 saturated carbocycles. The number of carbonyl (C=O) groups is 2. The van der Waals surface area contributed by atoms with Crippen molar-refractivity contribution in [3.8, 4) is 0 Å². The molecule has 0 radical (unpaired) electrons. The Labute approximate surface area is 121 Å². The summed E-state index contributed by atoms with van der Waals surface area (Å²) in [6, 6.07) is 6.67. The van der Waals surface area contributed by atoms with Gasteiger partial charge in [0.1, 0.15) is 5.57 Å². The molecule has 1 fully saturated rings. The minimum atomic E-state index is -0.456. The van der Waals surface area contributed by atoms with Crippen molar-refractivity contribution >= 4 is 46.4 Å². The van der Waals surface area contributed by atoms with E-state index in [0.717, 1.165) is 0 Å². The Hall–Kier alpha value is -1.72. The van der Waals surface area contributed by atoms with Gasteiger partial charge in [0.05, 0.1) is 5.69 Å². The van der Waals surface area contributed by atoms with E-state index in [0.29, 0.717) is 17.1 Å². The lowest BCUT2D eigenvalue weighted by atomic mass is 10.1. The number of carbonyl (C=O) groups excluding carboxylic acids is 2. The highest BCUT2D eigenvalue weighted by Gasteiger charge is 2.33. The van der Waals surface area contributed by atoms with Crippen LogP contribution in [-0.4, -0.2) is 16.9 Å². The summed E-state index contributed by atoms with van der Waals surface area (Å²) >= 11 is 10.9. The van der Waals surface area contributed by atoms with E-state index in [-0.39, 0.29) is 10.7 Å². The predicted octanol–water partition coefficient (Wildman–Crippen LogP) is 2.42. The van der Waals surface area contributed by atoms with Crippen LogP contribution in [0.25, 0.3) is 0 Å². The lowest BCUT2D eigenvalue weighted by Gasteiger charge is -2.28. The first-order valence-electron chi connectivity index (χ1n) is 5.70. The summed E-state index contributed by atoms with van der Waals surface area (Å²) in [4.78, 5) is 25.3. The Bertz CT molecular complexity index is 581. The van der Waals surface area contributed by atoms with Crippen molar-refractivity contribution in [1.82, 2.24) is 5.32 Å². The summed E-state index contributed by atoms with van der Waals surface area (Å²) < 4.78 is 0. The summed E-state index contributed by atoms with van der Waals surface area (Å²) in [5.41, 5.74) is 0.674. The van der Waals surface area contributed by atoms with Crippen LogP contribution in [-0.2, 0) is 9.59 Å². The van der Waals surface area contributed by atoms with Crippen molar-refractivity contribution < 1.29 is 9.59 Å². The molecule has 1 heterocycles. The van der Waals surface area contributed by atoms with E-state index in [9.17, 15) is 9.59 Å². The van der Waals surface area contributed by atoms with Gasteiger partial charge < -0.3 is 0 Å². The number of anilines is 1.